The van der Waals surface area contributed by atoms with Gasteiger partial charge in [0.1, 0.15) is 11.6 Å². The second-order valence-electron chi connectivity index (χ2n) is 4.47. The van der Waals surface area contributed by atoms with Gasteiger partial charge in [-0.1, -0.05) is 18.5 Å². The van der Waals surface area contributed by atoms with Gasteiger partial charge in [-0.25, -0.2) is 14.4 Å². The van der Waals surface area contributed by atoms with Crippen LogP contribution in [0.5, 0.6) is 0 Å². The van der Waals surface area contributed by atoms with Gasteiger partial charge < -0.3 is 5.73 Å². The van der Waals surface area contributed by atoms with Gasteiger partial charge in [-0.3, -0.25) is 0 Å². The van der Waals surface area contributed by atoms with Gasteiger partial charge in [0, 0.05) is 22.0 Å². The molecule has 0 bridgehead atoms. The average Bonchev–Trinajstić information content (AvgIpc) is 2.41. The molecule has 0 unspecified atom stereocenters. The van der Waals surface area contributed by atoms with Crippen LogP contribution in [-0.2, 0) is 6.42 Å². The van der Waals surface area contributed by atoms with Crippen molar-refractivity contribution >= 4 is 33.3 Å². The number of hydrogen-bond donors (Lipinski definition) is 1. The van der Waals surface area contributed by atoms with Crippen LogP contribution in [0.3, 0.4) is 0 Å². The summed E-state index contributed by atoms with van der Waals surface area (Å²) in [7, 11) is 0. The Hall–Kier alpha value is -1.20. The number of hydrogen-bond acceptors (Lipinski definition) is 3. The van der Waals surface area contributed by atoms with Crippen LogP contribution in [0.1, 0.15) is 24.7 Å². The molecular weight excluding hydrogens is 345 g/mol. The lowest BCUT2D eigenvalue weighted by atomic mass is 10.1. The van der Waals surface area contributed by atoms with Gasteiger partial charge in [0.05, 0.1) is 10.7 Å². The van der Waals surface area contributed by atoms with Crippen LogP contribution in [0.25, 0.3) is 11.3 Å². The normalized spacial score (nSPS) is 10.8. The quantitative estimate of drug-likeness (QED) is 0.819. The summed E-state index contributed by atoms with van der Waals surface area (Å²) in [5.41, 5.74) is 7.37. The Morgan fingerprint density at radius 1 is 1.35 bits per heavy atom. The van der Waals surface area contributed by atoms with Gasteiger partial charge in [0.25, 0.3) is 0 Å². The number of nitrogens with zero attached hydrogens (tertiary/aromatic N) is 2. The minimum Gasteiger partial charge on any atom is -0.383 e. The molecule has 20 heavy (non-hydrogen) atoms. The molecule has 0 saturated heterocycles. The van der Waals surface area contributed by atoms with Crippen LogP contribution in [0.15, 0.2) is 16.6 Å². The van der Waals surface area contributed by atoms with E-state index in [9.17, 15) is 4.39 Å². The standard InChI is InChI=1S/C14H14BrClFN3/c1-3-4-10-19-13(7(2)14(18)20-10)8-5-6-9(15)11(16)12(8)17/h5-6H,3-4H2,1-2H3,(H2,18,19,20). The molecule has 2 aromatic rings. The summed E-state index contributed by atoms with van der Waals surface area (Å²) in [4.78, 5) is 8.64. The summed E-state index contributed by atoms with van der Waals surface area (Å²) in [6.07, 6.45) is 1.59. The van der Waals surface area contributed by atoms with Crippen LogP contribution in [0.2, 0.25) is 5.02 Å². The summed E-state index contributed by atoms with van der Waals surface area (Å²) in [6.45, 7) is 3.80. The molecule has 0 amide bonds. The number of anilines is 1. The van der Waals surface area contributed by atoms with E-state index in [1.807, 2.05) is 6.92 Å². The molecule has 1 aromatic heterocycles. The third kappa shape index (κ3) is 2.79. The highest BCUT2D eigenvalue weighted by Gasteiger charge is 2.17. The van der Waals surface area contributed by atoms with Crippen molar-refractivity contribution in [2.24, 2.45) is 0 Å². The number of nitrogens with two attached hydrogens (primary N) is 1. The summed E-state index contributed by atoms with van der Waals surface area (Å²) in [5.74, 6) is 0.477. The first kappa shape index (κ1) is 15.2. The third-order valence-electron chi connectivity index (χ3n) is 2.99. The van der Waals surface area contributed by atoms with E-state index < -0.39 is 5.82 Å². The molecule has 1 heterocycles. The van der Waals surface area contributed by atoms with E-state index in [2.05, 4.69) is 25.9 Å². The minimum absolute atomic E-state index is 0.0381. The van der Waals surface area contributed by atoms with Gasteiger partial charge in [-0.05, 0) is 41.4 Å². The zero-order valence-corrected chi connectivity index (χ0v) is 13.5. The Morgan fingerprint density at radius 2 is 2.05 bits per heavy atom. The van der Waals surface area contributed by atoms with E-state index in [-0.39, 0.29) is 5.02 Å². The van der Waals surface area contributed by atoms with Crippen LogP contribution >= 0.6 is 27.5 Å². The summed E-state index contributed by atoms with van der Waals surface area (Å²) >= 11 is 9.12. The van der Waals surface area contributed by atoms with Gasteiger partial charge in [0.2, 0.25) is 0 Å². The Morgan fingerprint density at radius 3 is 2.70 bits per heavy atom. The maximum atomic E-state index is 14.3. The maximum absolute atomic E-state index is 14.3. The van der Waals surface area contributed by atoms with Gasteiger partial charge in [-0.2, -0.15) is 0 Å². The van der Waals surface area contributed by atoms with Crippen molar-refractivity contribution < 1.29 is 4.39 Å². The van der Waals surface area contributed by atoms with E-state index in [4.69, 9.17) is 17.3 Å². The predicted octanol–water partition coefficient (Wildman–Crippen LogP) is 4.54. The Balaban J connectivity index is 2.66. The first-order valence-electron chi connectivity index (χ1n) is 6.22. The molecule has 3 nitrogen and oxygen atoms in total. The molecule has 106 valence electrons. The molecule has 0 saturated carbocycles. The van der Waals surface area contributed by atoms with Crippen molar-refractivity contribution in [3.8, 4) is 11.3 Å². The highest BCUT2D eigenvalue weighted by molar-refractivity contribution is 9.10. The summed E-state index contributed by atoms with van der Waals surface area (Å²) in [6, 6.07) is 3.33. The molecule has 0 aliphatic rings. The van der Waals surface area contributed by atoms with E-state index in [0.717, 1.165) is 6.42 Å². The molecule has 0 atom stereocenters. The lowest BCUT2D eigenvalue weighted by Crippen LogP contribution is -2.05. The van der Waals surface area contributed by atoms with Crippen LogP contribution in [0.4, 0.5) is 10.2 Å². The fraction of sp³-hybridized carbons (Fsp3) is 0.286. The molecule has 6 heteroatoms. The lowest BCUT2D eigenvalue weighted by molar-refractivity contribution is 0.630. The zero-order chi connectivity index (χ0) is 14.9. The topological polar surface area (TPSA) is 51.8 Å². The van der Waals surface area contributed by atoms with E-state index in [1.165, 1.54) is 0 Å². The highest BCUT2D eigenvalue weighted by atomic mass is 79.9. The van der Waals surface area contributed by atoms with Crippen LogP contribution in [-0.4, -0.2) is 9.97 Å². The van der Waals surface area contributed by atoms with E-state index in [0.29, 0.717) is 39.4 Å². The Bertz CT molecular complexity index is 661. The number of rotatable bonds is 3. The van der Waals surface area contributed by atoms with Gasteiger partial charge in [0.15, 0.2) is 5.82 Å². The largest absolute Gasteiger partial charge is 0.383 e. The fourth-order valence-electron chi connectivity index (χ4n) is 1.89. The molecule has 2 N–H and O–H groups in total. The molecule has 0 radical (unpaired) electrons. The summed E-state index contributed by atoms with van der Waals surface area (Å²) < 4.78 is 14.8. The number of nitrogen functional groups attached to an aromatic ring is 1. The van der Waals surface area contributed by atoms with Gasteiger partial charge in [-0.15, -0.1) is 0 Å². The first-order chi connectivity index (χ1) is 9.45. The molecule has 0 fully saturated rings. The van der Waals surface area contributed by atoms with Crippen molar-refractivity contribution in [1.82, 2.24) is 9.97 Å². The summed E-state index contributed by atoms with van der Waals surface area (Å²) in [5, 5.41) is 0.0381. The number of benzene rings is 1. The monoisotopic (exact) mass is 357 g/mol. The Labute approximate surface area is 130 Å². The maximum Gasteiger partial charge on any atom is 0.152 e. The highest BCUT2D eigenvalue weighted by Crippen LogP contribution is 2.34. The SMILES string of the molecule is CCCc1nc(N)c(C)c(-c2ccc(Br)c(Cl)c2F)n1. The van der Waals surface area contributed by atoms with E-state index in [1.54, 1.807) is 19.1 Å². The number of aromatic nitrogens is 2. The van der Waals surface area contributed by atoms with Crippen molar-refractivity contribution in [3.63, 3.8) is 0 Å². The molecular formula is C14H14BrClFN3. The second kappa shape index (κ2) is 6.06. The van der Waals surface area contributed by atoms with E-state index >= 15 is 0 Å². The average molecular weight is 359 g/mol. The second-order valence-corrected chi connectivity index (χ2v) is 5.70. The molecule has 0 spiro atoms. The predicted molar refractivity (Wildman–Crippen MR) is 83.3 cm³/mol. The molecule has 2 rings (SSSR count). The van der Waals surface area contributed by atoms with Crippen LogP contribution in [0, 0.1) is 12.7 Å². The van der Waals surface area contributed by atoms with Crippen LogP contribution < -0.4 is 5.73 Å². The van der Waals surface area contributed by atoms with Gasteiger partial charge >= 0.3 is 0 Å². The first-order valence-corrected chi connectivity index (χ1v) is 7.39. The van der Waals surface area contributed by atoms with Crippen molar-refractivity contribution in [3.05, 3.63) is 38.8 Å². The van der Waals surface area contributed by atoms with Crippen molar-refractivity contribution in [2.45, 2.75) is 26.7 Å². The number of halogens is 3. The zero-order valence-electron chi connectivity index (χ0n) is 11.2. The third-order valence-corrected chi connectivity index (χ3v) is 4.25. The lowest BCUT2D eigenvalue weighted by Gasteiger charge is -2.11. The smallest absolute Gasteiger partial charge is 0.152 e. The fourth-order valence-corrected chi connectivity index (χ4v) is 2.36. The molecule has 0 aliphatic carbocycles. The van der Waals surface area contributed by atoms with Crippen molar-refractivity contribution in [2.75, 3.05) is 5.73 Å². The van der Waals surface area contributed by atoms with Crippen molar-refractivity contribution in [1.29, 1.82) is 0 Å². The minimum atomic E-state index is -0.510. The molecule has 0 aliphatic heterocycles. The molecule has 1 aromatic carbocycles. The number of aryl methyl sites for hydroxylation is 1. The Kier molecular flexibility index (Phi) is 4.60.